The van der Waals surface area contributed by atoms with E-state index < -0.39 is 0 Å². The Morgan fingerprint density at radius 2 is 1.90 bits per heavy atom. The van der Waals surface area contributed by atoms with Gasteiger partial charge in [0.1, 0.15) is 0 Å². The number of aromatic nitrogens is 1. The van der Waals surface area contributed by atoms with Crippen molar-refractivity contribution in [2.45, 2.75) is 32.7 Å². The Morgan fingerprint density at radius 1 is 1.25 bits per heavy atom. The molecule has 1 aromatic carbocycles. The second-order valence-corrected chi connectivity index (χ2v) is 7.23. The van der Waals surface area contributed by atoms with Crippen LogP contribution in [0.1, 0.15) is 29.9 Å². The highest BCUT2D eigenvalue weighted by molar-refractivity contribution is 7.15. The van der Waals surface area contributed by atoms with Crippen molar-refractivity contribution >= 4 is 16.5 Å². The number of rotatable bonds is 5. The second-order valence-electron chi connectivity index (χ2n) is 6.09. The second kappa shape index (κ2) is 5.94. The van der Waals surface area contributed by atoms with E-state index in [2.05, 4.69) is 62.0 Å². The van der Waals surface area contributed by atoms with Gasteiger partial charge in [-0.15, -0.1) is 11.3 Å². The molecule has 0 aliphatic carbocycles. The number of nitrogens with two attached hydrogens (primary N) is 1. The summed E-state index contributed by atoms with van der Waals surface area (Å²) in [7, 11) is 2.14. The number of hydrogen-bond acceptors (Lipinski definition) is 4. The highest BCUT2D eigenvalue weighted by Crippen LogP contribution is 2.25. The van der Waals surface area contributed by atoms with Gasteiger partial charge in [0, 0.05) is 29.6 Å². The zero-order chi connectivity index (χ0) is 14.8. The first-order valence-corrected chi connectivity index (χ1v) is 7.64. The van der Waals surface area contributed by atoms with Crippen LogP contribution in [0.5, 0.6) is 0 Å². The van der Waals surface area contributed by atoms with Gasteiger partial charge in [-0.25, -0.2) is 4.98 Å². The minimum absolute atomic E-state index is 0.124. The van der Waals surface area contributed by atoms with Crippen LogP contribution in [0.15, 0.2) is 30.5 Å². The summed E-state index contributed by atoms with van der Waals surface area (Å²) in [6.07, 6.45) is 1.87. The maximum absolute atomic E-state index is 5.68. The summed E-state index contributed by atoms with van der Waals surface area (Å²) in [6.45, 7) is 8.58. The quantitative estimate of drug-likeness (QED) is 0.917. The smallest absolute Gasteiger partial charge is 0.180 e. The molecule has 0 atom stereocenters. The van der Waals surface area contributed by atoms with Crippen LogP contribution in [0.4, 0.5) is 5.13 Å². The van der Waals surface area contributed by atoms with Gasteiger partial charge >= 0.3 is 0 Å². The fraction of sp³-hybridized carbons (Fsp3) is 0.438. The molecule has 0 saturated heterocycles. The summed E-state index contributed by atoms with van der Waals surface area (Å²) >= 11 is 1.56. The lowest BCUT2D eigenvalue weighted by molar-refractivity contribution is 0.263. The van der Waals surface area contributed by atoms with Gasteiger partial charge in [-0.3, -0.25) is 0 Å². The van der Waals surface area contributed by atoms with E-state index in [1.165, 1.54) is 16.0 Å². The van der Waals surface area contributed by atoms with E-state index in [4.69, 9.17) is 5.73 Å². The van der Waals surface area contributed by atoms with Crippen LogP contribution in [0.3, 0.4) is 0 Å². The summed E-state index contributed by atoms with van der Waals surface area (Å²) in [6, 6.07) is 8.82. The van der Waals surface area contributed by atoms with Crippen LogP contribution < -0.4 is 5.73 Å². The summed E-state index contributed by atoms with van der Waals surface area (Å²) in [5.74, 6) is 0. The third-order valence-electron chi connectivity index (χ3n) is 3.50. The van der Waals surface area contributed by atoms with E-state index in [0.29, 0.717) is 5.13 Å². The topological polar surface area (TPSA) is 42.2 Å². The summed E-state index contributed by atoms with van der Waals surface area (Å²) < 4.78 is 0. The maximum atomic E-state index is 5.68. The number of nitrogens with zero attached hydrogens (tertiary/aromatic N) is 2. The van der Waals surface area contributed by atoms with Crippen molar-refractivity contribution in [1.82, 2.24) is 9.88 Å². The molecule has 0 unspecified atom stereocenters. The van der Waals surface area contributed by atoms with Gasteiger partial charge < -0.3 is 10.6 Å². The third-order valence-corrected chi connectivity index (χ3v) is 4.31. The molecule has 20 heavy (non-hydrogen) atoms. The molecule has 0 radical (unpaired) electrons. The van der Waals surface area contributed by atoms with E-state index in [9.17, 15) is 0 Å². The molecule has 2 aromatic rings. The molecule has 0 aliphatic heterocycles. The Morgan fingerprint density at radius 3 is 2.45 bits per heavy atom. The minimum Gasteiger partial charge on any atom is -0.375 e. The number of likely N-dealkylation sites (N-methyl/N-ethyl adjacent to an activating group) is 1. The van der Waals surface area contributed by atoms with E-state index >= 15 is 0 Å². The molecule has 0 bridgehead atoms. The molecule has 0 fully saturated rings. The lowest BCUT2D eigenvalue weighted by Gasteiger charge is -2.30. The SMILES string of the molecule is Cc1ccc(C(C)(C)CN(C)Cc2cnc(N)s2)cc1. The van der Waals surface area contributed by atoms with Gasteiger partial charge in [0.25, 0.3) is 0 Å². The van der Waals surface area contributed by atoms with Crippen molar-refractivity contribution in [3.63, 3.8) is 0 Å². The Kier molecular flexibility index (Phi) is 4.45. The van der Waals surface area contributed by atoms with Crippen molar-refractivity contribution in [2.24, 2.45) is 0 Å². The summed E-state index contributed by atoms with van der Waals surface area (Å²) in [5, 5.41) is 0.645. The number of anilines is 1. The largest absolute Gasteiger partial charge is 0.375 e. The van der Waals surface area contributed by atoms with E-state index in [-0.39, 0.29) is 5.41 Å². The molecular weight excluding hydrogens is 266 g/mol. The van der Waals surface area contributed by atoms with Crippen molar-refractivity contribution < 1.29 is 0 Å². The van der Waals surface area contributed by atoms with Crippen LogP contribution in [-0.4, -0.2) is 23.5 Å². The van der Waals surface area contributed by atoms with Crippen molar-refractivity contribution in [2.75, 3.05) is 19.3 Å². The first-order valence-electron chi connectivity index (χ1n) is 6.83. The molecule has 1 aromatic heterocycles. The molecule has 1 heterocycles. The molecule has 2 rings (SSSR count). The molecule has 0 spiro atoms. The third kappa shape index (κ3) is 3.81. The molecule has 0 aliphatic rings. The lowest BCUT2D eigenvalue weighted by atomic mass is 9.84. The first-order chi connectivity index (χ1) is 9.37. The van der Waals surface area contributed by atoms with Crippen LogP contribution in [0.2, 0.25) is 0 Å². The fourth-order valence-corrected chi connectivity index (χ4v) is 3.25. The molecular formula is C16H23N3S. The van der Waals surface area contributed by atoms with E-state index in [0.717, 1.165) is 13.1 Å². The highest BCUT2D eigenvalue weighted by atomic mass is 32.1. The van der Waals surface area contributed by atoms with Crippen molar-refractivity contribution in [3.8, 4) is 0 Å². The minimum atomic E-state index is 0.124. The number of benzene rings is 1. The summed E-state index contributed by atoms with van der Waals surface area (Å²) in [4.78, 5) is 7.64. The first kappa shape index (κ1) is 15.0. The average Bonchev–Trinajstić information content (AvgIpc) is 2.74. The molecule has 0 saturated carbocycles. The number of thiazole rings is 1. The number of nitrogen functional groups attached to an aromatic ring is 1. The Hall–Kier alpha value is -1.39. The Balaban J connectivity index is 2.01. The van der Waals surface area contributed by atoms with Gasteiger partial charge in [0.05, 0.1) is 0 Å². The zero-order valence-corrected chi connectivity index (χ0v) is 13.5. The number of hydrogen-bond donors (Lipinski definition) is 1. The van der Waals surface area contributed by atoms with Crippen LogP contribution in [0.25, 0.3) is 0 Å². The standard InChI is InChI=1S/C16H23N3S/c1-12-5-7-13(8-6-12)16(2,3)11-19(4)10-14-9-18-15(17)20-14/h5-9H,10-11H2,1-4H3,(H2,17,18). The van der Waals surface area contributed by atoms with Crippen molar-refractivity contribution in [3.05, 3.63) is 46.5 Å². The van der Waals surface area contributed by atoms with E-state index in [1.54, 1.807) is 11.3 Å². The van der Waals surface area contributed by atoms with Gasteiger partial charge in [-0.1, -0.05) is 43.7 Å². The predicted molar refractivity (Wildman–Crippen MR) is 87.1 cm³/mol. The van der Waals surface area contributed by atoms with E-state index in [1.807, 2.05) is 6.20 Å². The fourth-order valence-electron chi connectivity index (χ4n) is 2.49. The lowest BCUT2D eigenvalue weighted by Crippen LogP contribution is -2.34. The normalized spacial score (nSPS) is 12.1. The van der Waals surface area contributed by atoms with Gasteiger partial charge in [0.15, 0.2) is 5.13 Å². The summed E-state index contributed by atoms with van der Waals surface area (Å²) in [5.41, 5.74) is 8.48. The van der Waals surface area contributed by atoms with Gasteiger partial charge in [0.2, 0.25) is 0 Å². The maximum Gasteiger partial charge on any atom is 0.180 e. The van der Waals surface area contributed by atoms with Crippen LogP contribution in [-0.2, 0) is 12.0 Å². The average molecular weight is 289 g/mol. The molecule has 0 amide bonds. The van der Waals surface area contributed by atoms with Crippen molar-refractivity contribution in [1.29, 1.82) is 0 Å². The molecule has 3 nitrogen and oxygen atoms in total. The van der Waals surface area contributed by atoms with Gasteiger partial charge in [-0.05, 0) is 19.5 Å². The Bertz CT molecular complexity index is 557. The highest BCUT2D eigenvalue weighted by Gasteiger charge is 2.22. The molecule has 108 valence electrons. The Labute approximate surface area is 125 Å². The van der Waals surface area contributed by atoms with Gasteiger partial charge in [-0.2, -0.15) is 0 Å². The monoisotopic (exact) mass is 289 g/mol. The molecule has 2 N–H and O–H groups in total. The number of aryl methyl sites for hydroxylation is 1. The van der Waals surface area contributed by atoms with Crippen LogP contribution >= 0.6 is 11.3 Å². The predicted octanol–water partition coefficient (Wildman–Crippen LogP) is 3.44. The van der Waals surface area contributed by atoms with Crippen LogP contribution in [0, 0.1) is 6.92 Å². The zero-order valence-electron chi connectivity index (χ0n) is 12.7. The molecule has 4 heteroatoms.